The molecule has 128 valence electrons. The van der Waals surface area contributed by atoms with Gasteiger partial charge in [-0.2, -0.15) is 0 Å². The van der Waals surface area contributed by atoms with Crippen LogP contribution in [-0.2, 0) is 9.53 Å². The Balaban J connectivity index is 1.83. The molecular formula is C19H15ClO5. The maximum absolute atomic E-state index is 12.4. The van der Waals surface area contributed by atoms with Crippen molar-refractivity contribution < 1.29 is 23.8 Å². The van der Waals surface area contributed by atoms with Crippen LogP contribution in [0.3, 0.4) is 0 Å². The number of ketones is 1. The zero-order valence-electron chi connectivity index (χ0n) is 13.6. The van der Waals surface area contributed by atoms with Gasteiger partial charge in [0.25, 0.3) is 0 Å². The standard InChI is InChI=1S/C19H15ClO5/c1-11(19(22)23-2)24-14-6-7-15-16(10-14)25-17(18(15)21)9-12-4-3-5-13(20)8-12/h3-11H,1-2H3/t11-/m1/s1. The van der Waals surface area contributed by atoms with Crippen molar-refractivity contribution in [2.75, 3.05) is 7.11 Å². The summed E-state index contributed by atoms with van der Waals surface area (Å²) in [4.78, 5) is 23.9. The lowest BCUT2D eigenvalue weighted by molar-refractivity contribution is -0.147. The summed E-state index contributed by atoms with van der Waals surface area (Å²) in [6.45, 7) is 1.58. The number of hydrogen-bond donors (Lipinski definition) is 0. The molecule has 3 rings (SSSR count). The smallest absolute Gasteiger partial charge is 0.346 e. The molecule has 1 heterocycles. The first kappa shape index (κ1) is 17.0. The highest BCUT2D eigenvalue weighted by atomic mass is 35.5. The van der Waals surface area contributed by atoms with Crippen LogP contribution in [0.2, 0.25) is 5.02 Å². The molecule has 1 aliphatic heterocycles. The number of benzene rings is 2. The first-order valence-corrected chi connectivity index (χ1v) is 7.94. The third kappa shape index (κ3) is 3.67. The number of hydrogen-bond acceptors (Lipinski definition) is 5. The Morgan fingerprint density at radius 2 is 2.04 bits per heavy atom. The van der Waals surface area contributed by atoms with Crippen molar-refractivity contribution in [3.63, 3.8) is 0 Å². The highest BCUT2D eigenvalue weighted by molar-refractivity contribution is 6.30. The molecule has 0 N–H and O–H groups in total. The minimum absolute atomic E-state index is 0.204. The predicted octanol–water partition coefficient (Wildman–Crippen LogP) is 3.90. The second kappa shape index (κ2) is 6.99. The maximum Gasteiger partial charge on any atom is 0.346 e. The lowest BCUT2D eigenvalue weighted by Crippen LogP contribution is -2.24. The number of allylic oxidation sites excluding steroid dienone is 1. The van der Waals surface area contributed by atoms with E-state index in [0.717, 1.165) is 5.56 Å². The van der Waals surface area contributed by atoms with E-state index in [1.165, 1.54) is 7.11 Å². The Hall–Kier alpha value is -2.79. The quantitative estimate of drug-likeness (QED) is 0.612. The summed E-state index contributed by atoms with van der Waals surface area (Å²) in [5.41, 5.74) is 1.20. The SMILES string of the molecule is COC(=O)[C@@H](C)Oc1ccc2c(c1)OC(=Cc1cccc(Cl)c1)C2=O. The van der Waals surface area contributed by atoms with Gasteiger partial charge in [-0.1, -0.05) is 23.7 Å². The van der Waals surface area contributed by atoms with Crippen LogP contribution in [0.15, 0.2) is 48.2 Å². The van der Waals surface area contributed by atoms with E-state index in [0.29, 0.717) is 22.1 Å². The highest BCUT2D eigenvalue weighted by Gasteiger charge is 2.28. The number of Topliss-reactive ketones (excluding diaryl/α,β-unsaturated/α-hetero) is 1. The van der Waals surface area contributed by atoms with Gasteiger partial charge in [0.05, 0.1) is 12.7 Å². The second-order valence-electron chi connectivity index (χ2n) is 5.44. The zero-order chi connectivity index (χ0) is 18.0. The molecule has 6 heteroatoms. The average molecular weight is 359 g/mol. The van der Waals surface area contributed by atoms with Gasteiger partial charge in [-0.05, 0) is 42.8 Å². The van der Waals surface area contributed by atoms with E-state index in [2.05, 4.69) is 4.74 Å². The Morgan fingerprint density at radius 1 is 1.24 bits per heavy atom. The number of halogens is 1. The molecular weight excluding hydrogens is 344 g/mol. The molecule has 2 aromatic carbocycles. The summed E-state index contributed by atoms with van der Waals surface area (Å²) in [6.07, 6.45) is 0.868. The molecule has 1 aliphatic rings. The first-order valence-electron chi connectivity index (χ1n) is 7.56. The number of fused-ring (bicyclic) bond motifs is 1. The largest absolute Gasteiger partial charge is 0.479 e. The van der Waals surface area contributed by atoms with Gasteiger partial charge in [-0.15, -0.1) is 0 Å². The van der Waals surface area contributed by atoms with Crippen molar-refractivity contribution in [2.24, 2.45) is 0 Å². The summed E-state index contributed by atoms with van der Waals surface area (Å²) in [5.74, 6) is 0.290. The zero-order valence-corrected chi connectivity index (χ0v) is 14.4. The van der Waals surface area contributed by atoms with Crippen LogP contribution in [0, 0.1) is 0 Å². The van der Waals surface area contributed by atoms with Crippen LogP contribution in [0.4, 0.5) is 0 Å². The minimum Gasteiger partial charge on any atom is -0.479 e. The van der Waals surface area contributed by atoms with Crippen LogP contribution in [0.25, 0.3) is 6.08 Å². The molecule has 0 fully saturated rings. The molecule has 0 unspecified atom stereocenters. The fourth-order valence-corrected chi connectivity index (χ4v) is 2.61. The average Bonchev–Trinajstić information content (AvgIpc) is 2.89. The number of carbonyl (C=O) groups is 2. The predicted molar refractivity (Wildman–Crippen MR) is 92.9 cm³/mol. The lowest BCUT2D eigenvalue weighted by atomic mass is 10.1. The third-order valence-electron chi connectivity index (χ3n) is 3.63. The van der Waals surface area contributed by atoms with Crippen molar-refractivity contribution in [1.29, 1.82) is 0 Å². The van der Waals surface area contributed by atoms with Crippen LogP contribution < -0.4 is 9.47 Å². The van der Waals surface area contributed by atoms with Crippen LogP contribution in [-0.4, -0.2) is 25.0 Å². The van der Waals surface area contributed by atoms with E-state index in [-0.39, 0.29) is 11.5 Å². The maximum atomic E-state index is 12.4. The topological polar surface area (TPSA) is 61.8 Å². The van der Waals surface area contributed by atoms with Crippen molar-refractivity contribution in [3.05, 3.63) is 64.4 Å². The molecule has 25 heavy (non-hydrogen) atoms. The molecule has 0 saturated heterocycles. The Bertz CT molecular complexity index is 872. The van der Waals surface area contributed by atoms with Crippen molar-refractivity contribution in [3.8, 4) is 11.5 Å². The van der Waals surface area contributed by atoms with Gasteiger partial charge < -0.3 is 14.2 Å². The first-order chi connectivity index (χ1) is 12.0. The third-order valence-corrected chi connectivity index (χ3v) is 3.87. The van der Waals surface area contributed by atoms with Gasteiger partial charge >= 0.3 is 5.97 Å². The molecule has 0 aromatic heterocycles. The van der Waals surface area contributed by atoms with Crippen LogP contribution >= 0.6 is 11.6 Å². The number of carbonyl (C=O) groups excluding carboxylic acids is 2. The molecule has 0 radical (unpaired) electrons. The molecule has 0 aliphatic carbocycles. The van der Waals surface area contributed by atoms with Gasteiger partial charge in [0.1, 0.15) is 11.5 Å². The molecule has 2 aromatic rings. The molecule has 0 bridgehead atoms. The molecule has 0 spiro atoms. The number of ether oxygens (including phenoxy) is 3. The number of esters is 1. The van der Waals surface area contributed by atoms with Gasteiger partial charge in [0.2, 0.25) is 5.78 Å². The summed E-state index contributed by atoms with van der Waals surface area (Å²) in [6, 6.07) is 11.9. The minimum atomic E-state index is -0.762. The highest BCUT2D eigenvalue weighted by Crippen LogP contribution is 2.35. The van der Waals surface area contributed by atoms with Crippen molar-refractivity contribution >= 4 is 29.4 Å². The van der Waals surface area contributed by atoms with Gasteiger partial charge in [-0.25, -0.2) is 4.79 Å². The molecule has 1 atom stereocenters. The number of rotatable bonds is 4. The second-order valence-corrected chi connectivity index (χ2v) is 5.87. The van der Waals surface area contributed by atoms with E-state index >= 15 is 0 Å². The Morgan fingerprint density at radius 3 is 2.76 bits per heavy atom. The summed E-state index contributed by atoms with van der Waals surface area (Å²) < 4.78 is 15.8. The molecule has 0 amide bonds. The van der Waals surface area contributed by atoms with Gasteiger partial charge in [-0.3, -0.25) is 4.79 Å². The fraction of sp³-hybridized carbons (Fsp3) is 0.158. The van der Waals surface area contributed by atoms with E-state index in [1.54, 1.807) is 49.4 Å². The monoisotopic (exact) mass is 358 g/mol. The molecule has 0 saturated carbocycles. The van der Waals surface area contributed by atoms with E-state index < -0.39 is 12.1 Å². The Labute approximate surface area is 149 Å². The summed E-state index contributed by atoms with van der Waals surface area (Å²) in [7, 11) is 1.29. The molecule has 5 nitrogen and oxygen atoms in total. The van der Waals surface area contributed by atoms with Crippen LogP contribution in [0.5, 0.6) is 11.5 Å². The van der Waals surface area contributed by atoms with Crippen molar-refractivity contribution in [2.45, 2.75) is 13.0 Å². The van der Waals surface area contributed by atoms with Gasteiger partial charge in [0, 0.05) is 11.1 Å². The number of methoxy groups -OCH3 is 1. The normalized spacial score (nSPS) is 15.5. The summed E-state index contributed by atoms with van der Waals surface area (Å²) in [5, 5.41) is 0.574. The Kier molecular flexibility index (Phi) is 4.76. The summed E-state index contributed by atoms with van der Waals surface area (Å²) >= 11 is 5.95. The van der Waals surface area contributed by atoms with Gasteiger partial charge in [0.15, 0.2) is 11.9 Å². The van der Waals surface area contributed by atoms with Crippen molar-refractivity contribution in [1.82, 2.24) is 0 Å². The lowest BCUT2D eigenvalue weighted by Gasteiger charge is -2.12. The van der Waals surface area contributed by atoms with E-state index in [4.69, 9.17) is 21.1 Å². The van der Waals surface area contributed by atoms with Crippen LogP contribution in [0.1, 0.15) is 22.8 Å². The van der Waals surface area contributed by atoms with E-state index in [9.17, 15) is 9.59 Å². The fourth-order valence-electron chi connectivity index (χ4n) is 2.41. The van der Waals surface area contributed by atoms with E-state index in [1.807, 2.05) is 6.07 Å².